The fraction of sp³-hybridized carbons (Fsp3) is 0.727. The van der Waals surface area contributed by atoms with Crippen molar-refractivity contribution < 1.29 is 0 Å². The third-order valence-electron chi connectivity index (χ3n) is 2.36. The monoisotopic (exact) mass is 195 g/mol. The molecule has 0 aromatic carbocycles. The van der Waals surface area contributed by atoms with E-state index >= 15 is 0 Å². The van der Waals surface area contributed by atoms with Crippen molar-refractivity contribution in [1.29, 1.82) is 0 Å². The van der Waals surface area contributed by atoms with E-state index in [0.29, 0.717) is 6.54 Å². The Labute approximate surface area is 86.1 Å². The molecular formula is C11H21N3. The molecule has 0 saturated carbocycles. The van der Waals surface area contributed by atoms with Crippen LogP contribution in [0.5, 0.6) is 0 Å². The molecule has 3 heteroatoms. The Morgan fingerprint density at radius 2 is 2.14 bits per heavy atom. The maximum Gasteiger partial charge on any atom is 0.107 e. The highest BCUT2D eigenvalue weighted by atomic mass is 14.9. The number of aromatic amines is 1. The van der Waals surface area contributed by atoms with Crippen molar-refractivity contribution in [3.8, 4) is 0 Å². The number of aromatic nitrogens is 2. The molecule has 3 nitrogen and oxygen atoms in total. The van der Waals surface area contributed by atoms with Crippen molar-refractivity contribution in [1.82, 2.24) is 9.97 Å². The molecule has 1 aromatic heterocycles. The van der Waals surface area contributed by atoms with Crippen LogP contribution >= 0.6 is 0 Å². The zero-order chi connectivity index (χ0) is 10.2. The van der Waals surface area contributed by atoms with E-state index in [1.807, 2.05) is 6.20 Å². The van der Waals surface area contributed by atoms with Crippen LogP contribution in [0.3, 0.4) is 0 Å². The summed E-state index contributed by atoms with van der Waals surface area (Å²) in [7, 11) is 0. The molecule has 0 radical (unpaired) electrons. The lowest BCUT2D eigenvalue weighted by Crippen LogP contribution is -2.03. The first-order valence-electron chi connectivity index (χ1n) is 5.59. The number of hydrogen-bond acceptors (Lipinski definition) is 2. The van der Waals surface area contributed by atoms with Crippen LogP contribution in [-0.2, 0) is 12.8 Å². The predicted molar refractivity (Wildman–Crippen MR) is 59.2 cm³/mol. The van der Waals surface area contributed by atoms with Crippen molar-refractivity contribution >= 4 is 0 Å². The smallest absolute Gasteiger partial charge is 0.107 e. The summed E-state index contributed by atoms with van der Waals surface area (Å²) in [4.78, 5) is 7.57. The molecular weight excluding hydrogens is 174 g/mol. The van der Waals surface area contributed by atoms with Crippen molar-refractivity contribution in [3.05, 3.63) is 17.7 Å². The number of unbranched alkanes of at least 4 members (excludes halogenated alkanes) is 3. The average Bonchev–Trinajstić information content (AvgIpc) is 2.61. The van der Waals surface area contributed by atoms with Gasteiger partial charge in [-0.2, -0.15) is 0 Å². The Kier molecular flexibility index (Phi) is 5.30. The Morgan fingerprint density at radius 1 is 1.29 bits per heavy atom. The van der Waals surface area contributed by atoms with Crippen LogP contribution in [0.4, 0.5) is 0 Å². The van der Waals surface area contributed by atoms with E-state index in [1.165, 1.54) is 31.4 Å². The van der Waals surface area contributed by atoms with Gasteiger partial charge in [0.2, 0.25) is 0 Å². The maximum absolute atomic E-state index is 5.45. The van der Waals surface area contributed by atoms with Crippen LogP contribution in [0.25, 0.3) is 0 Å². The van der Waals surface area contributed by atoms with Gasteiger partial charge in [-0.15, -0.1) is 0 Å². The molecule has 0 aliphatic heterocycles. The molecule has 0 unspecified atom stereocenters. The number of nitrogens with one attached hydrogen (secondary N) is 1. The lowest BCUT2D eigenvalue weighted by Gasteiger charge is -1.97. The minimum atomic E-state index is 0.669. The second-order valence-electron chi connectivity index (χ2n) is 3.70. The van der Waals surface area contributed by atoms with Crippen LogP contribution in [-0.4, -0.2) is 16.5 Å². The molecule has 0 aliphatic rings. The molecule has 1 rings (SSSR count). The molecule has 0 saturated heterocycles. The normalized spacial score (nSPS) is 10.7. The first kappa shape index (κ1) is 11.2. The number of aryl methyl sites for hydroxylation is 1. The van der Waals surface area contributed by atoms with Gasteiger partial charge in [0.1, 0.15) is 5.82 Å². The summed E-state index contributed by atoms with van der Waals surface area (Å²) in [5.74, 6) is 1.03. The fourth-order valence-electron chi connectivity index (χ4n) is 1.54. The number of imidazole rings is 1. The van der Waals surface area contributed by atoms with Gasteiger partial charge in [0, 0.05) is 18.3 Å². The van der Waals surface area contributed by atoms with E-state index in [0.717, 1.165) is 18.7 Å². The summed E-state index contributed by atoms with van der Waals surface area (Å²) in [5.41, 5.74) is 6.70. The van der Waals surface area contributed by atoms with Crippen molar-refractivity contribution in [2.75, 3.05) is 6.54 Å². The number of rotatable bonds is 7. The highest BCUT2D eigenvalue weighted by molar-refractivity contribution is 5.01. The molecule has 0 fully saturated rings. The summed E-state index contributed by atoms with van der Waals surface area (Å²) in [6.07, 6.45) is 9.13. The van der Waals surface area contributed by atoms with Crippen LogP contribution in [0.1, 0.15) is 44.1 Å². The molecule has 14 heavy (non-hydrogen) atoms. The molecule has 1 heterocycles. The lowest BCUT2D eigenvalue weighted by atomic mass is 10.1. The largest absolute Gasteiger partial charge is 0.346 e. The van der Waals surface area contributed by atoms with Crippen LogP contribution < -0.4 is 5.73 Å². The maximum atomic E-state index is 5.45. The van der Waals surface area contributed by atoms with Gasteiger partial charge < -0.3 is 10.7 Å². The van der Waals surface area contributed by atoms with Crippen LogP contribution in [0.15, 0.2) is 6.20 Å². The second-order valence-corrected chi connectivity index (χ2v) is 3.70. The molecule has 0 atom stereocenters. The SMILES string of the molecule is CCCCCCc1cnc(CCN)[nH]1. The van der Waals surface area contributed by atoms with Gasteiger partial charge >= 0.3 is 0 Å². The van der Waals surface area contributed by atoms with E-state index in [-0.39, 0.29) is 0 Å². The average molecular weight is 195 g/mol. The van der Waals surface area contributed by atoms with E-state index in [9.17, 15) is 0 Å². The number of nitrogens with zero attached hydrogens (tertiary/aromatic N) is 1. The van der Waals surface area contributed by atoms with Gasteiger partial charge in [-0.05, 0) is 19.4 Å². The number of nitrogens with two attached hydrogens (primary N) is 1. The van der Waals surface area contributed by atoms with Gasteiger partial charge in [0.25, 0.3) is 0 Å². The predicted octanol–water partition coefficient (Wildman–Crippen LogP) is 2.03. The Balaban J connectivity index is 2.22. The topological polar surface area (TPSA) is 54.7 Å². The summed E-state index contributed by atoms with van der Waals surface area (Å²) in [6, 6.07) is 0. The van der Waals surface area contributed by atoms with Crippen molar-refractivity contribution in [2.45, 2.75) is 45.4 Å². The summed E-state index contributed by atoms with van der Waals surface area (Å²) in [5, 5.41) is 0. The van der Waals surface area contributed by atoms with E-state index in [1.54, 1.807) is 0 Å². The quantitative estimate of drug-likeness (QED) is 0.654. The molecule has 3 N–H and O–H groups in total. The van der Waals surface area contributed by atoms with Crippen LogP contribution in [0.2, 0.25) is 0 Å². The standard InChI is InChI=1S/C11H21N3/c1-2-3-4-5-6-10-9-13-11(14-10)7-8-12/h9H,2-8,12H2,1H3,(H,13,14). The number of hydrogen-bond donors (Lipinski definition) is 2. The highest BCUT2D eigenvalue weighted by Crippen LogP contribution is 2.06. The third kappa shape index (κ3) is 3.92. The molecule has 1 aromatic rings. The first-order valence-corrected chi connectivity index (χ1v) is 5.59. The summed E-state index contributed by atoms with van der Waals surface area (Å²) in [6.45, 7) is 2.90. The molecule has 0 amide bonds. The Hall–Kier alpha value is -0.830. The van der Waals surface area contributed by atoms with Gasteiger partial charge in [-0.1, -0.05) is 26.2 Å². The third-order valence-corrected chi connectivity index (χ3v) is 2.36. The van der Waals surface area contributed by atoms with Crippen molar-refractivity contribution in [3.63, 3.8) is 0 Å². The van der Waals surface area contributed by atoms with Gasteiger partial charge in [0.15, 0.2) is 0 Å². The fourth-order valence-corrected chi connectivity index (χ4v) is 1.54. The van der Waals surface area contributed by atoms with Gasteiger partial charge in [0.05, 0.1) is 0 Å². The van der Waals surface area contributed by atoms with E-state index in [4.69, 9.17) is 5.73 Å². The number of H-pyrrole nitrogens is 1. The van der Waals surface area contributed by atoms with Crippen LogP contribution in [0, 0.1) is 0 Å². The van der Waals surface area contributed by atoms with Gasteiger partial charge in [-0.25, -0.2) is 4.98 Å². The minimum absolute atomic E-state index is 0.669. The second kappa shape index (κ2) is 6.60. The molecule has 80 valence electrons. The molecule has 0 spiro atoms. The van der Waals surface area contributed by atoms with E-state index in [2.05, 4.69) is 16.9 Å². The minimum Gasteiger partial charge on any atom is -0.346 e. The summed E-state index contributed by atoms with van der Waals surface area (Å²) < 4.78 is 0. The lowest BCUT2D eigenvalue weighted by molar-refractivity contribution is 0.661. The summed E-state index contributed by atoms with van der Waals surface area (Å²) >= 11 is 0. The zero-order valence-corrected chi connectivity index (χ0v) is 9.05. The molecule has 0 aliphatic carbocycles. The van der Waals surface area contributed by atoms with Gasteiger partial charge in [-0.3, -0.25) is 0 Å². The van der Waals surface area contributed by atoms with Crippen molar-refractivity contribution in [2.24, 2.45) is 5.73 Å². The van der Waals surface area contributed by atoms with E-state index < -0.39 is 0 Å². The molecule has 0 bridgehead atoms. The Bertz CT molecular complexity index is 242. The zero-order valence-electron chi connectivity index (χ0n) is 9.05. The first-order chi connectivity index (χ1) is 6.86. The Morgan fingerprint density at radius 3 is 2.86 bits per heavy atom. The highest BCUT2D eigenvalue weighted by Gasteiger charge is 1.99.